The van der Waals surface area contributed by atoms with E-state index in [1.54, 1.807) is 0 Å². The zero-order chi connectivity index (χ0) is 17.9. The van der Waals surface area contributed by atoms with E-state index >= 15 is 0 Å². The molecule has 0 unspecified atom stereocenters. The van der Waals surface area contributed by atoms with E-state index in [1.807, 2.05) is 0 Å². The van der Waals surface area contributed by atoms with Crippen molar-refractivity contribution < 1.29 is 0 Å². The second-order valence-corrected chi connectivity index (χ2v) is 4.25. The summed E-state index contributed by atoms with van der Waals surface area (Å²) < 4.78 is 0. The molecule has 0 amide bonds. The van der Waals surface area contributed by atoms with Crippen LogP contribution in [-0.2, 0) is 0 Å². The van der Waals surface area contributed by atoms with Crippen LogP contribution in [0.3, 0.4) is 0 Å². The number of rotatable bonds is 0. The minimum Gasteiger partial charge on any atom is -0.241 e. The third kappa shape index (κ3) is 1.10. The minimum absolute atomic E-state index is 0.0150. The van der Waals surface area contributed by atoms with Gasteiger partial charge in [-0.2, -0.15) is 47.4 Å². The van der Waals surface area contributed by atoms with Crippen LogP contribution in [0.2, 0.25) is 0 Å². The Labute approximate surface area is 129 Å². The van der Waals surface area contributed by atoms with Gasteiger partial charge in [-0.15, -0.1) is 0 Å². The van der Waals surface area contributed by atoms with Crippen LogP contribution in [0.25, 0.3) is 0 Å². The number of hydrogen-bond acceptors (Lipinski definition) is 10. The molecule has 1 rings (SSSR count). The number of hydrogen-bond donors (Lipinski definition) is 0. The molecule has 0 aromatic carbocycles. The summed E-state index contributed by atoms with van der Waals surface area (Å²) in [6, 6.07) is 10.1. The SMILES string of the molecule is N#CN1C(C#N)(C#N)C(C#N)(C#N)C(C#N)(C#N)C1(C#N)C#N. The molecular weight excluding hydrogens is 296 g/mol. The average Bonchev–Trinajstić information content (AvgIpc) is 2.80. The van der Waals surface area contributed by atoms with Gasteiger partial charge in [0, 0.05) is 0 Å². The van der Waals surface area contributed by atoms with Crippen molar-refractivity contribution in [3.8, 4) is 54.7 Å². The van der Waals surface area contributed by atoms with E-state index in [1.165, 1.54) is 54.7 Å². The molecule has 0 aromatic rings. The zero-order valence-electron chi connectivity index (χ0n) is 11.0. The summed E-state index contributed by atoms with van der Waals surface area (Å²) in [5, 5.41) is 84.3. The topological polar surface area (TPSA) is 217 Å². The Balaban J connectivity index is 4.46. The molecule has 10 heteroatoms. The van der Waals surface area contributed by atoms with Crippen molar-refractivity contribution in [2.75, 3.05) is 0 Å². The summed E-state index contributed by atoms with van der Waals surface area (Å²) in [5.74, 6) is 0. The van der Waals surface area contributed by atoms with Crippen LogP contribution in [0.1, 0.15) is 0 Å². The monoisotopic (exact) mass is 296 g/mol. The standard InChI is InChI=1S/C13N10/c14-1-10(2-15)11(3-16,4-17)13(7-20,8-21)23(9-22)12(10,5-18)6-19. The van der Waals surface area contributed by atoms with E-state index in [0.717, 1.165) is 0 Å². The maximum Gasteiger partial charge on any atom is 0.260 e. The molecule has 0 radical (unpaired) electrons. The quantitative estimate of drug-likeness (QED) is 0.517. The second kappa shape index (κ2) is 4.64. The van der Waals surface area contributed by atoms with Crippen LogP contribution in [0.5, 0.6) is 0 Å². The van der Waals surface area contributed by atoms with Crippen LogP contribution >= 0.6 is 0 Å². The number of nitrogens with zero attached hydrogens (tertiary/aromatic N) is 10. The second-order valence-electron chi connectivity index (χ2n) is 4.25. The normalized spacial score (nSPS) is 20.2. The fraction of sp³-hybridized carbons (Fsp3) is 0.308. The lowest BCUT2D eigenvalue weighted by Crippen LogP contribution is -2.53. The first-order valence-electron chi connectivity index (χ1n) is 5.43. The molecule has 1 aliphatic rings. The molecule has 1 fully saturated rings. The van der Waals surface area contributed by atoms with Crippen molar-refractivity contribution >= 4 is 0 Å². The highest BCUT2D eigenvalue weighted by Crippen LogP contribution is 2.63. The summed E-state index contributed by atoms with van der Waals surface area (Å²) in [7, 11) is 0. The molecule has 0 bridgehead atoms. The lowest BCUT2D eigenvalue weighted by Gasteiger charge is -2.28. The molecular formula is C13N10. The molecule has 0 aromatic heterocycles. The van der Waals surface area contributed by atoms with Crippen LogP contribution in [0.4, 0.5) is 0 Å². The molecule has 0 spiro atoms. The van der Waals surface area contributed by atoms with E-state index in [0.29, 0.717) is 0 Å². The molecule has 0 saturated carbocycles. The van der Waals surface area contributed by atoms with Gasteiger partial charge in [0.2, 0.25) is 10.8 Å². The van der Waals surface area contributed by atoms with Gasteiger partial charge in [-0.25, -0.2) is 4.90 Å². The summed E-state index contributed by atoms with van der Waals surface area (Å²) >= 11 is 0. The Hall–Kier alpha value is -4.79. The van der Waals surface area contributed by atoms with Crippen molar-refractivity contribution in [1.29, 1.82) is 47.4 Å². The fourth-order valence-electron chi connectivity index (χ4n) is 2.57. The fourth-order valence-corrected chi connectivity index (χ4v) is 2.57. The van der Waals surface area contributed by atoms with Gasteiger partial charge >= 0.3 is 0 Å². The largest absolute Gasteiger partial charge is 0.260 e. The van der Waals surface area contributed by atoms with Crippen molar-refractivity contribution in [2.45, 2.75) is 11.1 Å². The molecule has 1 saturated heterocycles. The van der Waals surface area contributed by atoms with E-state index in [4.69, 9.17) is 0 Å². The molecule has 10 nitrogen and oxygen atoms in total. The van der Waals surface area contributed by atoms with Gasteiger partial charge in [0.25, 0.3) is 11.1 Å². The van der Waals surface area contributed by atoms with Crippen molar-refractivity contribution in [2.24, 2.45) is 10.8 Å². The Morgan fingerprint density at radius 3 is 0.826 bits per heavy atom. The van der Waals surface area contributed by atoms with E-state index in [9.17, 15) is 47.4 Å². The molecule has 0 N–H and O–H groups in total. The summed E-state index contributed by atoms with van der Waals surface area (Å²) in [5.41, 5.74) is -12.1. The van der Waals surface area contributed by atoms with Crippen LogP contribution in [0.15, 0.2) is 0 Å². The highest BCUT2D eigenvalue weighted by atomic mass is 15.3. The minimum atomic E-state index is -3.06. The summed E-state index contributed by atoms with van der Waals surface area (Å²) in [4.78, 5) is -0.0150. The Morgan fingerprint density at radius 1 is 0.435 bits per heavy atom. The first-order chi connectivity index (χ1) is 10.9. The van der Waals surface area contributed by atoms with Crippen LogP contribution in [-0.4, -0.2) is 16.0 Å². The molecule has 102 valence electrons. The lowest BCUT2D eigenvalue weighted by molar-refractivity contribution is 0.239. The van der Waals surface area contributed by atoms with Gasteiger partial charge in [-0.3, -0.25) is 0 Å². The van der Waals surface area contributed by atoms with Gasteiger partial charge in [0.15, 0.2) is 6.19 Å². The van der Waals surface area contributed by atoms with Gasteiger partial charge in [0.05, 0.1) is 24.3 Å². The Morgan fingerprint density at radius 2 is 0.696 bits per heavy atom. The van der Waals surface area contributed by atoms with E-state index < -0.39 is 21.9 Å². The predicted molar refractivity (Wildman–Crippen MR) is 62.7 cm³/mol. The van der Waals surface area contributed by atoms with Gasteiger partial charge in [0.1, 0.15) is 24.3 Å². The third-order valence-electron chi connectivity index (χ3n) is 3.74. The number of likely N-dealkylation sites (tertiary alicyclic amines) is 1. The predicted octanol–water partition coefficient (Wildman–Crippen LogP) is -0.578. The summed E-state index contributed by atoms with van der Waals surface area (Å²) in [6.45, 7) is 0. The number of nitriles is 9. The smallest absolute Gasteiger partial charge is 0.241 e. The van der Waals surface area contributed by atoms with Gasteiger partial charge in [-0.05, 0) is 0 Å². The Kier molecular flexibility index (Phi) is 3.28. The molecule has 0 atom stereocenters. The Bertz CT molecular complexity index is 826. The highest BCUT2D eigenvalue weighted by Gasteiger charge is 2.88. The van der Waals surface area contributed by atoms with Crippen molar-refractivity contribution in [1.82, 2.24) is 4.90 Å². The van der Waals surface area contributed by atoms with Crippen molar-refractivity contribution in [3.63, 3.8) is 0 Å². The highest BCUT2D eigenvalue weighted by molar-refractivity contribution is 5.63. The molecule has 0 aliphatic carbocycles. The van der Waals surface area contributed by atoms with E-state index in [-0.39, 0.29) is 4.90 Å². The molecule has 1 heterocycles. The first-order valence-corrected chi connectivity index (χ1v) is 5.43. The summed E-state index contributed by atoms with van der Waals surface area (Å²) in [6.07, 6.45) is 1.24. The zero-order valence-corrected chi connectivity index (χ0v) is 11.0. The third-order valence-corrected chi connectivity index (χ3v) is 3.74. The van der Waals surface area contributed by atoms with Crippen molar-refractivity contribution in [3.05, 3.63) is 0 Å². The first kappa shape index (κ1) is 16.3. The average molecular weight is 296 g/mol. The van der Waals surface area contributed by atoms with Crippen LogP contribution in [0, 0.1) is 113 Å². The lowest BCUT2D eigenvalue weighted by atomic mass is 9.56. The van der Waals surface area contributed by atoms with Gasteiger partial charge in [-0.1, -0.05) is 0 Å². The van der Waals surface area contributed by atoms with E-state index in [2.05, 4.69) is 0 Å². The maximum absolute atomic E-state index is 9.42. The molecule has 23 heavy (non-hydrogen) atoms. The van der Waals surface area contributed by atoms with Crippen LogP contribution < -0.4 is 0 Å². The molecule has 1 aliphatic heterocycles. The maximum atomic E-state index is 9.42. The van der Waals surface area contributed by atoms with Gasteiger partial charge < -0.3 is 0 Å².